The second kappa shape index (κ2) is 5.38. The minimum absolute atomic E-state index is 0.153. The van der Waals surface area contributed by atoms with E-state index >= 15 is 0 Å². The highest BCUT2D eigenvalue weighted by molar-refractivity contribution is 7.98. The number of pyridine rings is 1. The van der Waals surface area contributed by atoms with Crippen molar-refractivity contribution in [3.05, 3.63) is 54.4 Å². The third-order valence-electron chi connectivity index (χ3n) is 3.02. The number of thioether (sulfide) groups is 1. The highest BCUT2D eigenvalue weighted by atomic mass is 32.2. The molecule has 3 aromatic rings. The lowest BCUT2D eigenvalue weighted by atomic mass is 10.2. The molecule has 0 unspecified atom stereocenters. The van der Waals surface area contributed by atoms with E-state index in [1.807, 2.05) is 42.8 Å². The van der Waals surface area contributed by atoms with Gasteiger partial charge in [-0.05, 0) is 42.7 Å². The normalized spacial score (nSPS) is 10.7. The molecule has 0 bridgehead atoms. The first kappa shape index (κ1) is 12.7. The number of rotatable bonds is 3. The first-order chi connectivity index (χ1) is 9.76. The summed E-state index contributed by atoms with van der Waals surface area (Å²) in [5, 5.41) is 4.84. The van der Waals surface area contributed by atoms with E-state index in [0.29, 0.717) is 5.56 Å². The number of hydrogen-bond donors (Lipinski definition) is 2. The standard InChI is InChI=1S/C15H13N3OS/c1-20-14-5-2-11(9-17-14)15(19)18-12-3-4-13-10(8-12)6-7-16-13/h2-9,16H,1H3,(H,18,19). The fourth-order valence-electron chi connectivity index (χ4n) is 1.97. The molecule has 0 atom stereocenters. The highest BCUT2D eigenvalue weighted by Crippen LogP contribution is 2.18. The number of nitrogens with one attached hydrogen (secondary N) is 2. The van der Waals surface area contributed by atoms with Crippen LogP contribution >= 0.6 is 11.8 Å². The van der Waals surface area contributed by atoms with E-state index in [-0.39, 0.29) is 5.91 Å². The second-order valence-corrected chi connectivity index (χ2v) is 5.15. The van der Waals surface area contributed by atoms with E-state index < -0.39 is 0 Å². The van der Waals surface area contributed by atoms with Gasteiger partial charge >= 0.3 is 0 Å². The Balaban J connectivity index is 1.80. The van der Waals surface area contributed by atoms with Crippen LogP contribution in [0.4, 0.5) is 5.69 Å². The molecule has 0 aliphatic rings. The van der Waals surface area contributed by atoms with Crippen LogP contribution in [0.15, 0.2) is 53.8 Å². The molecule has 0 fully saturated rings. The summed E-state index contributed by atoms with van der Waals surface area (Å²) in [4.78, 5) is 19.4. The summed E-state index contributed by atoms with van der Waals surface area (Å²) in [7, 11) is 0. The molecule has 0 saturated carbocycles. The molecule has 1 aromatic carbocycles. The van der Waals surface area contributed by atoms with Crippen LogP contribution in [-0.4, -0.2) is 22.1 Å². The average molecular weight is 283 g/mol. The molecule has 4 nitrogen and oxygen atoms in total. The molecule has 0 aliphatic heterocycles. The monoisotopic (exact) mass is 283 g/mol. The van der Waals surface area contributed by atoms with Crippen LogP contribution in [0.5, 0.6) is 0 Å². The van der Waals surface area contributed by atoms with E-state index in [2.05, 4.69) is 15.3 Å². The lowest BCUT2D eigenvalue weighted by Crippen LogP contribution is -2.12. The molecule has 100 valence electrons. The van der Waals surface area contributed by atoms with Gasteiger partial charge in [-0.1, -0.05) is 0 Å². The molecule has 3 rings (SSSR count). The Morgan fingerprint density at radius 2 is 2.15 bits per heavy atom. The van der Waals surface area contributed by atoms with E-state index in [0.717, 1.165) is 21.6 Å². The summed E-state index contributed by atoms with van der Waals surface area (Å²) in [6.45, 7) is 0. The van der Waals surface area contributed by atoms with Crippen molar-refractivity contribution < 1.29 is 4.79 Å². The van der Waals surface area contributed by atoms with Crippen molar-refractivity contribution in [2.24, 2.45) is 0 Å². The van der Waals surface area contributed by atoms with E-state index in [1.54, 1.807) is 24.0 Å². The van der Waals surface area contributed by atoms with Gasteiger partial charge in [0.15, 0.2) is 0 Å². The summed E-state index contributed by atoms with van der Waals surface area (Å²) in [5.41, 5.74) is 2.38. The number of aromatic nitrogens is 2. The third-order valence-corrected chi connectivity index (χ3v) is 3.68. The Morgan fingerprint density at radius 3 is 2.90 bits per heavy atom. The number of benzene rings is 1. The topological polar surface area (TPSA) is 57.8 Å². The van der Waals surface area contributed by atoms with Crippen molar-refractivity contribution >= 4 is 34.3 Å². The number of carbonyl (C=O) groups excluding carboxylic acids is 1. The SMILES string of the molecule is CSc1ccc(C(=O)Nc2ccc3[nH]ccc3c2)cn1. The molecule has 2 aromatic heterocycles. The van der Waals surface area contributed by atoms with Crippen molar-refractivity contribution in [2.45, 2.75) is 5.03 Å². The van der Waals surface area contributed by atoms with Crippen LogP contribution in [0, 0.1) is 0 Å². The Labute approximate surface area is 120 Å². The van der Waals surface area contributed by atoms with Crippen molar-refractivity contribution in [3.8, 4) is 0 Å². The van der Waals surface area contributed by atoms with Gasteiger partial charge in [0.2, 0.25) is 0 Å². The molecule has 2 heterocycles. The molecule has 1 amide bonds. The maximum absolute atomic E-state index is 12.1. The smallest absolute Gasteiger partial charge is 0.257 e. The molecular formula is C15H13N3OS. The summed E-state index contributed by atoms with van der Waals surface area (Å²) in [5.74, 6) is -0.153. The summed E-state index contributed by atoms with van der Waals surface area (Å²) in [6, 6.07) is 11.4. The molecule has 0 radical (unpaired) electrons. The van der Waals surface area contributed by atoms with Gasteiger partial charge in [-0.15, -0.1) is 11.8 Å². The fourth-order valence-corrected chi connectivity index (χ4v) is 2.33. The third kappa shape index (κ3) is 2.53. The van der Waals surface area contributed by atoms with Crippen molar-refractivity contribution in [1.82, 2.24) is 9.97 Å². The first-order valence-electron chi connectivity index (χ1n) is 6.15. The van der Waals surface area contributed by atoms with Gasteiger partial charge in [-0.25, -0.2) is 4.98 Å². The fraction of sp³-hybridized carbons (Fsp3) is 0.0667. The van der Waals surface area contributed by atoms with Gasteiger partial charge in [0.1, 0.15) is 0 Å². The lowest BCUT2D eigenvalue weighted by Gasteiger charge is -2.05. The number of nitrogens with zero attached hydrogens (tertiary/aromatic N) is 1. The molecule has 20 heavy (non-hydrogen) atoms. The zero-order valence-electron chi connectivity index (χ0n) is 10.9. The van der Waals surface area contributed by atoms with Gasteiger partial charge in [0.25, 0.3) is 5.91 Å². The molecular weight excluding hydrogens is 270 g/mol. The second-order valence-electron chi connectivity index (χ2n) is 4.32. The summed E-state index contributed by atoms with van der Waals surface area (Å²) in [6.07, 6.45) is 5.42. The van der Waals surface area contributed by atoms with Gasteiger partial charge in [0, 0.05) is 29.0 Å². The van der Waals surface area contributed by atoms with Crippen molar-refractivity contribution in [2.75, 3.05) is 11.6 Å². The van der Waals surface area contributed by atoms with Crippen LogP contribution < -0.4 is 5.32 Å². The number of aromatic amines is 1. The highest BCUT2D eigenvalue weighted by Gasteiger charge is 2.07. The van der Waals surface area contributed by atoms with Crippen molar-refractivity contribution in [1.29, 1.82) is 0 Å². The number of amides is 1. The Morgan fingerprint density at radius 1 is 1.25 bits per heavy atom. The van der Waals surface area contributed by atoms with Crippen molar-refractivity contribution in [3.63, 3.8) is 0 Å². The summed E-state index contributed by atoms with van der Waals surface area (Å²) < 4.78 is 0. The lowest BCUT2D eigenvalue weighted by molar-refractivity contribution is 0.102. The van der Waals surface area contributed by atoms with Gasteiger partial charge in [0.05, 0.1) is 10.6 Å². The van der Waals surface area contributed by atoms with E-state index in [9.17, 15) is 4.79 Å². The Hall–Kier alpha value is -2.27. The largest absolute Gasteiger partial charge is 0.361 e. The summed E-state index contributed by atoms with van der Waals surface area (Å²) >= 11 is 1.55. The predicted octanol–water partition coefficient (Wildman–Crippen LogP) is 3.54. The maximum atomic E-state index is 12.1. The van der Waals surface area contributed by atoms with Gasteiger partial charge < -0.3 is 10.3 Å². The van der Waals surface area contributed by atoms with Gasteiger partial charge in [-0.3, -0.25) is 4.79 Å². The average Bonchev–Trinajstić information content (AvgIpc) is 2.95. The number of fused-ring (bicyclic) bond motifs is 1. The molecule has 0 saturated heterocycles. The minimum atomic E-state index is -0.153. The predicted molar refractivity (Wildman–Crippen MR) is 82.3 cm³/mol. The zero-order valence-corrected chi connectivity index (χ0v) is 11.7. The van der Waals surface area contributed by atoms with Crippen LogP contribution in [0.2, 0.25) is 0 Å². The van der Waals surface area contributed by atoms with E-state index in [4.69, 9.17) is 0 Å². The van der Waals surface area contributed by atoms with Crippen LogP contribution in [0.3, 0.4) is 0 Å². The minimum Gasteiger partial charge on any atom is -0.361 e. The maximum Gasteiger partial charge on any atom is 0.257 e. The number of anilines is 1. The Bertz CT molecular complexity index is 749. The first-order valence-corrected chi connectivity index (χ1v) is 7.37. The number of H-pyrrole nitrogens is 1. The Kier molecular flexibility index (Phi) is 3.43. The van der Waals surface area contributed by atoms with E-state index in [1.165, 1.54) is 0 Å². The molecule has 5 heteroatoms. The molecule has 0 aliphatic carbocycles. The van der Waals surface area contributed by atoms with Crippen LogP contribution in [-0.2, 0) is 0 Å². The van der Waals surface area contributed by atoms with Crippen LogP contribution in [0.1, 0.15) is 10.4 Å². The molecule has 2 N–H and O–H groups in total. The molecule has 0 spiro atoms. The number of hydrogen-bond acceptors (Lipinski definition) is 3. The quantitative estimate of drug-likeness (QED) is 0.723. The van der Waals surface area contributed by atoms with Gasteiger partial charge in [-0.2, -0.15) is 0 Å². The van der Waals surface area contributed by atoms with Crippen LogP contribution in [0.25, 0.3) is 10.9 Å². The zero-order chi connectivity index (χ0) is 13.9. The number of carbonyl (C=O) groups is 1.